The number of anilines is 1. The molecule has 2 rings (SSSR count). The van der Waals surface area contributed by atoms with Crippen LogP contribution in [0.4, 0.5) is 5.69 Å². The molecule has 1 aliphatic carbocycles. The first-order valence-corrected chi connectivity index (χ1v) is 7.55. The van der Waals surface area contributed by atoms with Gasteiger partial charge in [0.05, 0.1) is 0 Å². The van der Waals surface area contributed by atoms with Crippen LogP contribution in [0.5, 0.6) is 0 Å². The number of benzene rings is 1. The van der Waals surface area contributed by atoms with Gasteiger partial charge in [-0.2, -0.15) is 0 Å². The topological polar surface area (TPSA) is 12.0 Å². The minimum atomic E-state index is 0.725. The third-order valence-electron chi connectivity index (χ3n) is 4.43. The quantitative estimate of drug-likeness (QED) is 0.654. The predicted octanol–water partition coefficient (Wildman–Crippen LogP) is 5.16. The summed E-state index contributed by atoms with van der Waals surface area (Å²) in [7, 11) is 0. The number of nitrogens with one attached hydrogen (secondary N) is 1. The molecule has 0 aromatic heterocycles. The molecule has 0 atom stereocenters. The highest BCUT2D eigenvalue weighted by atomic mass is 14.9. The van der Waals surface area contributed by atoms with Crippen LogP contribution >= 0.6 is 0 Å². The van der Waals surface area contributed by atoms with Crippen LogP contribution < -0.4 is 5.32 Å². The zero-order valence-corrected chi connectivity index (χ0v) is 12.0. The largest absolute Gasteiger partial charge is 0.385 e. The molecule has 0 aliphatic heterocycles. The first-order chi connectivity index (χ1) is 8.74. The highest BCUT2D eigenvalue weighted by molar-refractivity contribution is 5.45. The molecule has 0 bridgehead atoms. The number of hydrogen-bond donors (Lipinski definition) is 1. The lowest BCUT2D eigenvalue weighted by Crippen LogP contribution is -2.29. The fraction of sp³-hybridized carbons (Fsp3) is 0.647. The molecule has 1 N–H and O–H groups in total. The molecule has 0 amide bonds. The lowest BCUT2D eigenvalue weighted by molar-refractivity contribution is 0.103. The lowest BCUT2D eigenvalue weighted by atomic mass is 9.63. The molecule has 18 heavy (non-hydrogen) atoms. The maximum absolute atomic E-state index is 3.55. The van der Waals surface area contributed by atoms with Gasteiger partial charge in [-0.15, -0.1) is 0 Å². The van der Waals surface area contributed by atoms with Gasteiger partial charge in [-0.1, -0.05) is 31.9 Å². The average molecular weight is 245 g/mol. The highest BCUT2D eigenvalue weighted by Gasteiger charge is 2.34. The van der Waals surface area contributed by atoms with Gasteiger partial charge >= 0.3 is 0 Å². The van der Waals surface area contributed by atoms with Crippen molar-refractivity contribution < 1.29 is 0 Å². The Morgan fingerprint density at radius 3 is 2.67 bits per heavy atom. The maximum atomic E-state index is 3.55. The monoisotopic (exact) mass is 245 g/mol. The van der Waals surface area contributed by atoms with Crippen molar-refractivity contribution in [2.75, 3.05) is 11.9 Å². The van der Waals surface area contributed by atoms with Gasteiger partial charge in [-0.3, -0.25) is 0 Å². The van der Waals surface area contributed by atoms with Crippen molar-refractivity contribution >= 4 is 5.69 Å². The second kappa shape index (κ2) is 6.26. The van der Waals surface area contributed by atoms with Crippen LogP contribution in [0.3, 0.4) is 0 Å². The Morgan fingerprint density at radius 1 is 1.22 bits per heavy atom. The summed E-state index contributed by atoms with van der Waals surface area (Å²) in [6, 6.07) is 8.67. The maximum Gasteiger partial charge on any atom is 0.0342 e. The molecule has 1 saturated carbocycles. The Hall–Kier alpha value is -0.980. The van der Waals surface area contributed by atoms with E-state index in [0.717, 1.165) is 12.0 Å². The van der Waals surface area contributed by atoms with Crippen LogP contribution in [0.1, 0.15) is 57.4 Å². The Kier molecular flexibility index (Phi) is 4.68. The molecule has 1 heteroatoms. The van der Waals surface area contributed by atoms with E-state index in [1.54, 1.807) is 0 Å². The van der Waals surface area contributed by atoms with Gasteiger partial charge < -0.3 is 5.32 Å². The Labute approximate surface area is 112 Å². The second-order valence-electron chi connectivity index (χ2n) is 6.00. The fourth-order valence-corrected chi connectivity index (χ4v) is 3.28. The van der Waals surface area contributed by atoms with E-state index in [2.05, 4.69) is 43.4 Å². The molecule has 1 nitrogen and oxygen atoms in total. The number of rotatable bonds is 7. The summed E-state index contributed by atoms with van der Waals surface area (Å²) >= 11 is 0. The Morgan fingerprint density at radius 2 is 2.06 bits per heavy atom. The second-order valence-corrected chi connectivity index (χ2v) is 6.00. The summed E-state index contributed by atoms with van der Waals surface area (Å²) in [6.45, 7) is 5.59. The van der Waals surface area contributed by atoms with Gasteiger partial charge in [0, 0.05) is 12.2 Å². The van der Waals surface area contributed by atoms with E-state index >= 15 is 0 Å². The zero-order chi connectivity index (χ0) is 12.8. The summed E-state index contributed by atoms with van der Waals surface area (Å²) in [5, 5.41) is 3.55. The van der Waals surface area contributed by atoms with Gasteiger partial charge in [0.25, 0.3) is 0 Å². The van der Waals surface area contributed by atoms with E-state index in [0.29, 0.717) is 0 Å². The van der Waals surface area contributed by atoms with Crippen molar-refractivity contribution in [2.24, 2.45) is 5.41 Å². The summed E-state index contributed by atoms with van der Waals surface area (Å²) in [6.07, 6.45) is 9.94. The van der Waals surface area contributed by atoms with E-state index in [9.17, 15) is 0 Å². The van der Waals surface area contributed by atoms with Gasteiger partial charge in [-0.25, -0.2) is 0 Å². The van der Waals surface area contributed by atoms with Crippen LogP contribution in [-0.4, -0.2) is 6.54 Å². The molecule has 1 aromatic carbocycles. The highest BCUT2D eigenvalue weighted by Crippen LogP contribution is 2.48. The first kappa shape index (κ1) is 13.5. The summed E-state index contributed by atoms with van der Waals surface area (Å²) in [5.74, 6) is 0. The van der Waals surface area contributed by atoms with Gasteiger partial charge in [0.1, 0.15) is 0 Å². The van der Waals surface area contributed by atoms with E-state index < -0.39 is 0 Å². The summed E-state index contributed by atoms with van der Waals surface area (Å²) in [4.78, 5) is 0. The number of aryl methyl sites for hydroxylation is 1. The van der Waals surface area contributed by atoms with Crippen molar-refractivity contribution in [3.63, 3.8) is 0 Å². The summed E-state index contributed by atoms with van der Waals surface area (Å²) < 4.78 is 0. The molecule has 1 aromatic rings. The fourth-order valence-electron chi connectivity index (χ4n) is 3.28. The molecule has 0 unspecified atom stereocenters. The summed E-state index contributed by atoms with van der Waals surface area (Å²) in [5.41, 5.74) is 3.33. The van der Waals surface area contributed by atoms with E-state index in [1.807, 2.05) is 0 Å². The number of hydrogen-bond acceptors (Lipinski definition) is 1. The molecule has 1 fully saturated rings. The van der Waals surface area contributed by atoms with E-state index in [4.69, 9.17) is 0 Å². The SMILES string of the molecule is CCCC1(CCCNc2cccc(C)c2)CCC1. The van der Waals surface area contributed by atoms with Crippen molar-refractivity contribution in [2.45, 2.75) is 58.8 Å². The van der Waals surface area contributed by atoms with E-state index in [-0.39, 0.29) is 0 Å². The van der Waals surface area contributed by atoms with Crippen LogP contribution in [0.25, 0.3) is 0 Å². The average Bonchev–Trinajstić information content (AvgIpc) is 2.31. The molecule has 0 saturated heterocycles. The molecule has 0 heterocycles. The minimum absolute atomic E-state index is 0.725. The third kappa shape index (κ3) is 3.51. The zero-order valence-electron chi connectivity index (χ0n) is 12.0. The lowest BCUT2D eigenvalue weighted by Gasteiger charge is -2.42. The van der Waals surface area contributed by atoms with E-state index in [1.165, 1.54) is 56.2 Å². The third-order valence-corrected chi connectivity index (χ3v) is 4.43. The molecular formula is C17H27N. The minimum Gasteiger partial charge on any atom is -0.385 e. The van der Waals surface area contributed by atoms with Crippen LogP contribution in [0.15, 0.2) is 24.3 Å². The Balaban J connectivity index is 1.69. The predicted molar refractivity (Wildman–Crippen MR) is 80.1 cm³/mol. The molecular weight excluding hydrogens is 218 g/mol. The van der Waals surface area contributed by atoms with Crippen molar-refractivity contribution in [3.05, 3.63) is 29.8 Å². The van der Waals surface area contributed by atoms with Gasteiger partial charge in [-0.05, 0) is 62.1 Å². The van der Waals surface area contributed by atoms with Crippen LogP contribution in [0, 0.1) is 12.3 Å². The molecule has 0 radical (unpaired) electrons. The smallest absolute Gasteiger partial charge is 0.0342 e. The Bertz CT molecular complexity index is 366. The molecule has 0 spiro atoms. The normalized spacial score (nSPS) is 17.2. The molecule has 100 valence electrons. The standard InChI is InChI=1S/C17H27N/c1-3-9-17(10-5-11-17)12-6-13-18-16-8-4-7-15(2)14-16/h4,7-8,14,18H,3,5-6,9-13H2,1-2H3. The van der Waals surface area contributed by atoms with Crippen LogP contribution in [0.2, 0.25) is 0 Å². The van der Waals surface area contributed by atoms with Gasteiger partial charge in [0.2, 0.25) is 0 Å². The first-order valence-electron chi connectivity index (χ1n) is 7.55. The van der Waals surface area contributed by atoms with Gasteiger partial charge in [0.15, 0.2) is 0 Å². The molecule has 1 aliphatic rings. The van der Waals surface area contributed by atoms with Crippen LogP contribution in [-0.2, 0) is 0 Å². The van der Waals surface area contributed by atoms with Crippen molar-refractivity contribution in [1.82, 2.24) is 0 Å². The van der Waals surface area contributed by atoms with Crippen molar-refractivity contribution in [1.29, 1.82) is 0 Å². The van der Waals surface area contributed by atoms with Crippen molar-refractivity contribution in [3.8, 4) is 0 Å².